The van der Waals surface area contributed by atoms with Crippen LogP contribution in [-0.4, -0.2) is 5.91 Å². The maximum Gasteiger partial charge on any atom is 0.326 e. The lowest BCUT2D eigenvalue weighted by Crippen LogP contribution is -2.08. The molecule has 15 heavy (non-hydrogen) atoms. The lowest BCUT2D eigenvalue weighted by Gasteiger charge is -2.04. The molecule has 1 amide bonds. The van der Waals surface area contributed by atoms with Crippen molar-refractivity contribution in [3.63, 3.8) is 0 Å². The Hall–Kier alpha value is -2.34. The summed E-state index contributed by atoms with van der Waals surface area (Å²) in [4.78, 5) is 11.0. The summed E-state index contributed by atoms with van der Waals surface area (Å²) in [6, 6.07) is 14.8. The van der Waals surface area contributed by atoms with E-state index in [0.29, 0.717) is 5.69 Å². The fourth-order valence-electron chi connectivity index (χ4n) is 1.48. The minimum Gasteiger partial charge on any atom is -0.313 e. The highest BCUT2D eigenvalue weighted by Gasteiger charge is 2.03. The zero-order valence-corrected chi connectivity index (χ0v) is 7.90. The largest absolute Gasteiger partial charge is 0.326 e. The Morgan fingerprint density at radius 3 is 2.67 bits per heavy atom. The Morgan fingerprint density at radius 1 is 1.13 bits per heavy atom. The summed E-state index contributed by atoms with van der Waals surface area (Å²) in [5.41, 5.74) is 0.666. The van der Waals surface area contributed by atoms with E-state index < -0.39 is 5.91 Å². The molecule has 0 saturated carbocycles. The molecule has 0 atom stereocenters. The summed E-state index contributed by atoms with van der Waals surface area (Å²) < 4.78 is 0. The molecule has 2 rings (SSSR count). The quantitative estimate of drug-likeness (QED) is 0.711. The van der Waals surface area contributed by atoms with Crippen LogP contribution >= 0.6 is 0 Å². The van der Waals surface area contributed by atoms with Crippen molar-refractivity contribution < 1.29 is 4.79 Å². The fourth-order valence-corrected chi connectivity index (χ4v) is 1.48. The van der Waals surface area contributed by atoms with Crippen molar-refractivity contribution in [2.75, 3.05) is 5.32 Å². The molecule has 0 saturated heterocycles. The van der Waals surface area contributed by atoms with Gasteiger partial charge in [0, 0.05) is 11.1 Å². The Morgan fingerprint density at radius 2 is 1.87 bits per heavy atom. The summed E-state index contributed by atoms with van der Waals surface area (Å²) in [7, 11) is 0. The van der Waals surface area contributed by atoms with Gasteiger partial charge in [0.25, 0.3) is 0 Å². The van der Waals surface area contributed by atoms with E-state index in [-0.39, 0.29) is 0 Å². The Kier molecular flexibility index (Phi) is 2.34. The number of nitriles is 1. The highest BCUT2D eigenvalue weighted by atomic mass is 16.1. The summed E-state index contributed by atoms with van der Waals surface area (Å²) in [6.07, 6.45) is 0. The number of anilines is 1. The molecule has 0 fully saturated rings. The zero-order chi connectivity index (χ0) is 10.7. The van der Waals surface area contributed by atoms with E-state index in [2.05, 4.69) is 5.32 Å². The van der Waals surface area contributed by atoms with Gasteiger partial charge in [-0.25, -0.2) is 0 Å². The van der Waals surface area contributed by atoms with Gasteiger partial charge in [-0.15, -0.1) is 0 Å². The Labute approximate surface area is 86.9 Å². The number of fused-ring (bicyclic) bond motifs is 1. The van der Waals surface area contributed by atoms with E-state index in [9.17, 15) is 4.79 Å². The summed E-state index contributed by atoms with van der Waals surface area (Å²) in [5.74, 6) is -0.647. The molecular weight excluding hydrogens is 188 g/mol. The van der Waals surface area contributed by atoms with Gasteiger partial charge in [-0.05, 0) is 11.5 Å². The molecule has 0 spiro atoms. The molecule has 0 aromatic heterocycles. The summed E-state index contributed by atoms with van der Waals surface area (Å²) >= 11 is 0. The number of amides is 1. The van der Waals surface area contributed by atoms with Crippen molar-refractivity contribution >= 4 is 22.4 Å². The standard InChI is InChI=1S/C12H8N2O/c13-8-12(15)14-11-7-3-5-9-4-1-2-6-10(9)11/h1-7H,(H,14,15). The molecule has 0 aliphatic rings. The van der Waals surface area contributed by atoms with E-state index in [4.69, 9.17) is 5.26 Å². The molecule has 0 aliphatic heterocycles. The number of benzene rings is 2. The smallest absolute Gasteiger partial charge is 0.313 e. The number of hydrogen-bond donors (Lipinski definition) is 1. The predicted molar refractivity (Wildman–Crippen MR) is 58.2 cm³/mol. The molecule has 0 radical (unpaired) electrons. The van der Waals surface area contributed by atoms with Gasteiger partial charge >= 0.3 is 5.91 Å². The SMILES string of the molecule is N#CC(=O)Nc1cccc2ccccc12. The minimum atomic E-state index is -0.647. The molecule has 0 heterocycles. The van der Waals surface area contributed by atoms with E-state index in [1.807, 2.05) is 36.4 Å². The third-order valence-electron chi connectivity index (χ3n) is 2.14. The molecule has 0 aliphatic carbocycles. The van der Waals surface area contributed by atoms with Gasteiger partial charge in [-0.1, -0.05) is 36.4 Å². The van der Waals surface area contributed by atoms with Crippen molar-refractivity contribution in [2.24, 2.45) is 0 Å². The second kappa shape index (κ2) is 3.81. The highest BCUT2D eigenvalue weighted by Crippen LogP contribution is 2.22. The van der Waals surface area contributed by atoms with Gasteiger partial charge in [0.1, 0.15) is 0 Å². The van der Waals surface area contributed by atoms with Crippen molar-refractivity contribution in [1.29, 1.82) is 5.26 Å². The third-order valence-corrected chi connectivity index (χ3v) is 2.14. The first-order valence-electron chi connectivity index (χ1n) is 4.50. The second-order valence-corrected chi connectivity index (χ2v) is 3.09. The maximum absolute atomic E-state index is 11.0. The van der Waals surface area contributed by atoms with Crippen LogP contribution in [0.1, 0.15) is 0 Å². The molecule has 72 valence electrons. The number of nitrogens with zero attached hydrogens (tertiary/aromatic N) is 1. The molecule has 0 bridgehead atoms. The fraction of sp³-hybridized carbons (Fsp3) is 0. The second-order valence-electron chi connectivity index (χ2n) is 3.09. The van der Waals surface area contributed by atoms with Gasteiger partial charge in [-0.2, -0.15) is 5.26 Å². The van der Waals surface area contributed by atoms with Crippen LogP contribution in [0.5, 0.6) is 0 Å². The molecule has 3 heteroatoms. The molecule has 1 N–H and O–H groups in total. The average molecular weight is 196 g/mol. The van der Waals surface area contributed by atoms with E-state index in [0.717, 1.165) is 10.8 Å². The number of rotatable bonds is 1. The van der Waals surface area contributed by atoms with E-state index in [1.165, 1.54) is 6.07 Å². The zero-order valence-electron chi connectivity index (χ0n) is 7.90. The van der Waals surface area contributed by atoms with Gasteiger partial charge in [-0.3, -0.25) is 4.79 Å². The van der Waals surface area contributed by atoms with Crippen molar-refractivity contribution in [3.05, 3.63) is 42.5 Å². The van der Waals surface area contributed by atoms with Crippen LogP contribution in [0.2, 0.25) is 0 Å². The highest BCUT2D eigenvalue weighted by molar-refractivity contribution is 6.07. The normalized spacial score (nSPS) is 9.53. The molecule has 2 aromatic rings. The van der Waals surface area contributed by atoms with Gasteiger partial charge in [0.2, 0.25) is 0 Å². The van der Waals surface area contributed by atoms with Crippen molar-refractivity contribution in [1.82, 2.24) is 0 Å². The number of nitrogens with one attached hydrogen (secondary N) is 1. The van der Waals surface area contributed by atoms with Crippen LogP contribution in [0.25, 0.3) is 10.8 Å². The van der Waals surface area contributed by atoms with E-state index in [1.54, 1.807) is 6.07 Å². The van der Waals surface area contributed by atoms with Crippen molar-refractivity contribution in [2.45, 2.75) is 0 Å². The van der Waals surface area contributed by atoms with Gasteiger partial charge in [0.15, 0.2) is 6.07 Å². The Balaban J connectivity index is 2.52. The average Bonchev–Trinajstić information content (AvgIpc) is 2.29. The third kappa shape index (κ3) is 1.79. The lowest BCUT2D eigenvalue weighted by molar-refractivity contribution is -0.111. The first kappa shape index (κ1) is 9.22. The number of carbonyl (C=O) groups excluding carboxylic acids is 1. The molecule has 3 nitrogen and oxygen atoms in total. The number of hydrogen-bond acceptors (Lipinski definition) is 2. The number of carbonyl (C=O) groups is 1. The maximum atomic E-state index is 11.0. The first-order chi connectivity index (χ1) is 7.31. The monoisotopic (exact) mass is 196 g/mol. The summed E-state index contributed by atoms with van der Waals surface area (Å²) in [5, 5.41) is 12.9. The van der Waals surface area contributed by atoms with E-state index >= 15 is 0 Å². The van der Waals surface area contributed by atoms with Gasteiger partial charge < -0.3 is 5.32 Å². The first-order valence-corrected chi connectivity index (χ1v) is 4.50. The Bertz CT molecular complexity index is 550. The topological polar surface area (TPSA) is 52.9 Å². The van der Waals surface area contributed by atoms with Crippen LogP contribution in [0, 0.1) is 11.3 Å². The van der Waals surface area contributed by atoms with Gasteiger partial charge in [0.05, 0.1) is 0 Å². The van der Waals surface area contributed by atoms with Crippen LogP contribution in [0.15, 0.2) is 42.5 Å². The molecule has 0 unspecified atom stereocenters. The van der Waals surface area contributed by atoms with Crippen molar-refractivity contribution in [3.8, 4) is 6.07 Å². The predicted octanol–water partition coefficient (Wildman–Crippen LogP) is 2.30. The van der Waals surface area contributed by atoms with Crippen LogP contribution in [-0.2, 0) is 4.79 Å². The molecular formula is C12H8N2O. The van der Waals surface area contributed by atoms with Crippen LogP contribution in [0.4, 0.5) is 5.69 Å². The van der Waals surface area contributed by atoms with Crippen LogP contribution in [0.3, 0.4) is 0 Å². The van der Waals surface area contributed by atoms with Crippen LogP contribution < -0.4 is 5.32 Å². The molecule has 2 aromatic carbocycles. The summed E-state index contributed by atoms with van der Waals surface area (Å²) in [6.45, 7) is 0. The lowest BCUT2D eigenvalue weighted by atomic mass is 10.1. The minimum absolute atomic E-state index is 0.647.